The van der Waals surface area contributed by atoms with Gasteiger partial charge in [-0.25, -0.2) is 8.78 Å². The highest BCUT2D eigenvalue weighted by Gasteiger charge is 2.19. The summed E-state index contributed by atoms with van der Waals surface area (Å²) in [4.78, 5) is 23.2. The molecule has 1 rings (SSSR count). The maximum atomic E-state index is 12.2. The second-order valence-corrected chi connectivity index (χ2v) is 3.60. The summed E-state index contributed by atoms with van der Waals surface area (Å²) in [7, 11) is 0. The van der Waals surface area contributed by atoms with Crippen LogP contribution in [0, 0.1) is 0 Å². The minimum atomic E-state index is -2.73. The monoisotopic (exact) mass is 253 g/mol. The highest BCUT2D eigenvalue weighted by Crippen LogP contribution is 2.04. The van der Waals surface area contributed by atoms with E-state index in [-0.39, 0.29) is 0 Å². The van der Waals surface area contributed by atoms with E-state index in [2.05, 4.69) is 0 Å². The lowest BCUT2D eigenvalue weighted by Crippen LogP contribution is -2.37. The molecule has 0 unspecified atom stereocenters. The molecule has 3 nitrogen and oxygen atoms in total. The topological polar surface area (TPSA) is 37.4 Å². The highest BCUT2D eigenvalue weighted by molar-refractivity contribution is 6.02. The molecule has 0 N–H and O–H groups in total. The van der Waals surface area contributed by atoms with Crippen LogP contribution in [0.5, 0.6) is 0 Å². The zero-order valence-electron chi connectivity index (χ0n) is 9.85. The molecular weight excluding hydrogens is 240 g/mol. The van der Waals surface area contributed by atoms with Crippen LogP contribution < -0.4 is 0 Å². The molecule has 0 radical (unpaired) electrons. The van der Waals surface area contributed by atoms with Crippen LogP contribution in [0.2, 0.25) is 0 Å². The molecule has 0 heterocycles. The molecule has 1 aromatic rings. The Bertz CT molecular complexity index is 444. The van der Waals surface area contributed by atoms with Gasteiger partial charge in [-0.2, -0.15) is 0 Å². The van der Waals surface area contributed by atoms with Crippen LogP contribution in [0.1, 0.15) is 12.5 Å². The molecule has 0 bridgehead atoms. The molecule has 5 heteroatoms. The van der Waals surface area contributed by atoms with Crippen LogP contribution in [0.4, 0.5) is 8.78 Å². The fourth-order valence-corrected chi connectivity index (χ4v) is 1.33. The molecule has 2 amide bonds. The molecule has 0 spiro atoms. The number of amides is 2. The molecule has 0 aliphatic rings. The standard InChI is InChI=1S/C13H13F2NO2/c1-10(17)16(9-12(14)15)13(18)8-7-11-5-3-2-4-6-11/h2-8,12H,9H2,1H3/b8-7+. The number of imide groups is 1. The molecule has 0 saturated heterocycles. The minimum absolute atomic E-state index is 0.518. The van der Waals surface area contributed by atoms with Gasteiger partial charge in [0.2, 0.25) is 5.91 Å². The van der Waals surface area contributed by atoms with E-state index in [9.17, 15) is 18.4 Å². The molecule has 1 aromatic carbocycles. The summed E-state index contributed by atoms with van der Waals surface area (Å²) in [5, 5.41) is 0. The average Bonchev–Trinajstić information content (AvgIpc) is 2.34. The van der Waals surface area contributed by atoms with Crippen LogP contribution in [-0.2, 0) is 9.59 Å². The summed E-state index contributed by atoms with van der Waals surface area (Å²) < 4.78 is 24.4. The summed E-state index contributed by atoms with van der Waals surface area (Å²) in [6, 6.07) is 8.90. The second kappa shape index (κ2) is 6.64. The Morgan fingerprint density at radius 2 is 1.89 bits per heavy atom. The highest BCUT2D eigenvalue weighted by atomic mass is 19.3. The molecule has 18 heavy (non-hydrogen) atoms. The van der Waals surface area contributed by atoms with Gasteiger partial charge in [0.1, 0.15) is 0 Å². The third-order valence-corrected chi connectivity index (χ3v) is 2.18. The first kappa shape index (κ1) is 14.0. The molecule has 0 aromatic heterocycles. The molecule has 0 fully saturated rings. The third kappa shape index (κ3) is 4.45. The zero-order chi connectivity index (χ0) is 13.5. The number of carbonyl (C=O) groups is 2. The zero-order valence-corrected chi connectivity index (χ0v) is 9.85. The number of rotatable bonds is 4. The third-order valence-electron chi connectivity index (χ3n) is 2.18. The van der Waals surface area contributed by atoms with Gasteiger partial charge in [-0.15, -0.1) is 0 Å². The minimum Gasteiger partial charge on any atom is -0.275 e. The smallest absolute Gasteiger partial charge is 0.256 e. The molecule has 0 atom stereocenters. The van der Waals surface area contributed by atoms with Gasteiger partial charge >= 0.3 is 0 Å². The summed E-state index contributed by atoms with van der Waals surface area (Å²) in [5.74, 6) is -1.44. The first-order chi connectivity index (χ1) is 8.50. The summed E-state index contributed by atoms with van der Waals surface area (Å²) in [6.45, 7) is 0.198. The van der Waals surface area contributed by atoms with Gasteiger partial charge in [-0.3, -0.25) is 14.5 Å². The van der Waals surface area contributed by atoms with Gasteiger partial charge in [0.25, 0.3) is 12.3 Å². The van der Waals surface area contributed by atoms with Crippen molar-refractivity contribution in [2.45, 2.75) is 13.3 Å². The maximum absolute atomic E-state index is 12.2. The number of hydrogen-bond acceptors (Lipinski definition) is 2. The van der Waals surface area contributed by atoms with E-state index in [1.807, 2.05) is 6.07 Å². The van der Waals surface area contributed by atoms with E-state index in [1.54, 1.807) is 24.3 Å². The van der Waals surface area contributed by atoms with Crippen LogP contribution in [0.25, 0.3) is 6.08 Å². The van der Waals surface area contributed by atoms with Gasteiger partial charge in [-0.1, -0.05) is 30.3 Å². The van der Waals surface area contributed by atoms with E-state index in [1.165, 1.54) is 6.08 Å². The molecular formula is C13H13F2NO2. The lowest BCUT2D eigenvalue weighted by Gasteiger charge is -2.16. The van der Waals surface area contributed by atoms with E-state index < -0.39 is 24.8 Å². The number of benzene rings is 1. The van der Waals surface area contributed by atoms with Crippen molar-refractivity contribution < 1.29 is 18.4 Å². The van der Waals surface area contributed by atoms with Crippen molar-refractivity contribution >= 4 is 17.9 Å². The Balaban J connectivity index is 2.73. The summed E-state index contributed by atoms with van der Waals surface area (Å²) in [5.41, 5.74) is 0.756. The normalized spacial score (nSPS) is 10.9. The van der Waals surface area contributed by atoms with Crippen LogP contribution in [0.15, 0.2) is 36.4 Å². The van der Waals surface area contributed by atoms with Crippen LogP contribution in [0.3, 0.4) is 0 Å². The SMILES string of the molecule is CC(=O)N(CC(F)F)C(=O)/C=C/c1ccccc1. The van der Waals surface area contributed by atoms with Crippen LogP contribution in [-0.4, -0.2) is 29.7 Å². The largest absolute Gasteiger partial charge is 0.275 e. The van der Waals surface area contributed by atoms with E-state index in [4.69, 9.17) is 0 Å². The summed E-state index contributed by atoms with van der Waals surface area (Å²) >= 11 is 0. The fourth-order valence-electron chi connectivity index (χ4n) is 1.33. The molecule has 0 saturated carbocycles. The van der Waals surface area contributed by atoms with Crippen molar-refractivity contribution in [2.75, 3.05) is 6.54 Å². The summed E-state index contributed by atoms with van der Waals surface area (Å²) in [6.07, 6.45) is -0.147. The van der Waals surface area contributed by atoms with Crippen LogP contribution >= 0.6 is 0 Å². The van der Waals surface area contributed by atoms with E-state index >= 15 is 0 Å². The van der Waals surface area contributed by atoms with Crippen molar-refractivity contribution in [3.63, 3.8) is 0 Å². The predicted molar refractivity (Wildman–Crippen MR) is 63.9 cm³/mol. The van der Waals surface area contributed by atoms with Crippen molar-refractivity contribution in [3.05, 3.63) is 42.0 Å². The first-order valence-electron chi connectivity index (χ1n) is 5.34. The quantitative estimate of drug-likeness (QED) is 0.772. The fraction of sp³-hybridized carbons (Fsp3) is 0.231. The average molecular weight is 253 g/mol. The van der Waals surface area contributed by atoms with Gasteiger partial charge in [0, 0.05) is 13.0 Å². The number of hydrogen-bond donors (Lipinski definition) is 0. The molecule has 0 aliphatic carbocycles. The maximum Gasteiger partial charge on any atom is 0.256 e. The lowest BCUT2D eigenvalue weighted by molar-refractivity contribution is -0.142. The van der Waals surface area contributed by atoms with Crippen molar-refractivity contribution in [3.8, 4) is 0 Å². The molecule has 0 aliphatic heterocycles. The Kier molecular flexibility index (Phi) is 5.17. The van der Waals surface area contributed by atoms with E-state index in [0.717, 1.165) is 18.6 Å². The van der Waals surface area contributed by atoms with Gasteiger partial charge in [0.15, 0.2) is 0 Å². The number of carbonyl (C=O) groups excluding carboxylic acids is 2. The number of halogens is 2. The predicted octanol–water partition coefficient (Wildman–Crippen LogP) is 2.34. The van der Waals surface area contributed by atoms with E-state index in [0.29, 0.717) is 4.90 Å². The molecule has 96 valence electrons. The lowest BCUT2D eigenvalue weighted by atomic mass is 10.2. The van der Waals surface area contributed by atoms with Crippen molar-refractivity contribution in [2.24, 2.45) is 0 Å². The Morgan fingerprint density at radius 1 is 1.28 bits per heavy atom. The van der Waals surface area contributed by atoms with Gasteiger partial charge in [-0.05, 0) is 11.6 Å². The van der Waals surface area contributed by atoms with Crippen molar-refractivity contribution in [1.82, 2.24) is 4.90 Å². The van der Waals surface area contributed by atoms with Gasteiger partial charge in [0.05, 0.1) is 6.54 Å². The van der Waals surface area contributed by atoms with Crippen molar-refractivity contribution in [1.29, 1.82) is 0 Å². The Morgan fingerprint density at radius 3 is 2.39 bits per heavy atom. The number of alkyl halides is 2. The Labute approximate surface area is 104 Å². The van der Waals surface area contributed by atoms with Gasteiger partial charge < -0.3 is 0 Å². The number of nitrogens with zero attached hydrogens (tertiary/aromatic N) is 1. The first-order valence-corrected chi connectivity index (χ1v) is 5.34. The Hall–Kier alpha value is -2.04. The second-order valence-electron chi connectivity index (χ2n) is 3.60.